The number of nitrogens with one attached hydrogen (secondary N) is 1. The van der Waals surface area contributed by atoms with Crippen molar-refractivity contribution < 1.29 is 0 Å². The molecule has 1 aliphatic rings. The van der Waals surface area contributed by atoms with Gasteiger partial charge in [-0.15, -0.1) is 0 Å². The molecular weight excluding hydrogens is 240 g/mol. The molecule has 0 saturated carbocycles. The molecule has 1 N–H and O–H groups in total. The van der Waals surface area contributed by atoms with E-state index in [0.717, 1.165) is 24.1 Å². The number of nitrogens with zero attached hydrogens (tertiary/aromatic N) is 1. The first kappa shape index (κ1) is 12.2. The molecule has 0 aliphatic carbocycles. The Morgan fingerprint density at radius 3 is 2.79 bits per heavy atom. The van der Waals surface area contributed by atoms with Crippen LogP contribution in [0.1, 0.15) is 20.8 Å². The van der Waals surface area contributed by atoms with Crippen LogP contribution in [0.2, 0.25) is 0 Å². The maximum Gasteiger partial charge on any atom is 0.0298 e. The van der Waals surface area contributed by atoms with Gasteiger partial charge in [-0.05, 0) is 12.8 Å². The quantitative estimate of drug-likeness (QED) is 0.838. The number of hydrogen-bond donors (Lipinski definition) is 1. The Kier molecular flexibility index (Phi) is 4.61. The second kappa shape index (κ2) is 5.29. The van der Waals surface area contributed by atoms with E-state index in [-0.39, 0.29) is 0 Å². The van der Waals surface area contributed by atoms with Gasteiger partial charge in [-0.1, -0.05) is 36.4 Å². The zero-order valence-electron chi connectivity index (χ0n) is 9.39. The Bertz CT molecular complexity index is 203. The molecule has 1 saturated heterocycles. The first-order chi connectivity index (χ1) is 6.50. The molecule has 2 unspecified atom stereocenters. The van der Waals surface area contributed by atoms with E-state index < -0.39 is 0 Å². The highest BCUT2D eigenvalue weighted by Crippen LogP contribution is 2.17. The van der Waals surface area contributed by atoms with E-state index in [9.17, 15) is 0 Å². The van der Waals surface area contributed by atoms with Gasteiger partial charge in [0.15, 0.2) is 0 Å². The molecule has 2 atom stereocenters. The molecule has 0 spiro atoms. The molecule has 1 heterocycles. The van der Waals surface area contributed by atoms with Crippen molar-refractivity contribution in [2.75, 3.05) is 19.6 Å². The molecule has 0 aromatic carbocycles. The van der Waals surface area contributed by atoms with Gasteiger partial charge < -0.3 is 5.32 Å². The zero-order valence-corrected chi connectivity index (χ0v) is 11.0. The predicted octanol–water partition coefficient (Wildman–Crippen LogP) is 2.21. The lowest BCUT2D eigenvalue weighted by molar-refractivity contribution is 0.116. The lowest BCUT2D eigenvalue weighted by atomic mass is 9.99. The van der Waals surface area contributed by atoms with Crippen LogP contribution in [0.25, 0.3) is 0 Å². The summed E-state index contributed by atoms with van der Waals surface area (Å²) in [7, 11) is 0. The van der Waals surface area contributed by atoms with Crippen LogP contribution in [0.5, 0.6) is 0 Å². The largest absolute Gasteiger partial charge is 0.311 e. The van der Waals surface area contributed by atoms with Crippen molar-refractivity contribution in [1.82, 2.24) is 10.2 Å². The van der Waals surface area contributed by atoms with Gasteiger partial charge >= 0.3 is 0 Å². The molecule has 14 heavy (non-hydrogen) atoms. The number of hydrogen-bond acceptors (Lipinski definition) is 2. The summed E-state index contributed by atoms with van der Waals surface area (Å²) in [6, 6.07) is 1.23. The monoisotopic (exact) mass is 260 g/mol. The lowest BCUT2D eigenvalue weighted by Gasteiger charge is -2.41. The molecule has 2 nitrogen and oxygen atoms in total. The fourth-order valence-corrected chi connectivity index (χ4v) is 2.38. The summed E-state index contributed by atoms with van der Waals surface area (Å²) in [6.45, 7) is 13.9. The van der Waals surface area contributed by atoms with E-state index in [2.05, 4.69) is 53.5 Å². The molecular formula is C11H21BrN2. The lowest BCUT2D eigenvalue weighted by Crippen LogP contribution is -2.57. The van der Waals surface area contributed by atoms with Crippen LogP contribution in [-0.4, -0.2) is 36.6 Å². The summed E-state index contributed by atoms with van der Waals surface area (Å²) < 4.78 is 1.08. The third kappa shape index (κ3) is 3.37. The topological polar surface area (TPSA) is 15.3 Å². The Morgan fingerprint density at radius 2 is 2.29 bits per heavy atom. The maximum atomic E-state index is 3.92. The van der Waals surface area contributed by atoms with Crippen LogP contribution in [0, 0.1) is 5.92 Å². The van der Waals surface area contributed by atoms with Crippen molar-refractivity contribution in [3.8, 4) is 0 Å². The van der Waals surface area contributed by atoms with Crippen molar-refractivity contribution in [3.63, 3.8) is 0 Å². The summed E-state index contributed by atoms with van der Waals surface area (Å²) >= 11 is 3.45. The molecule has 1 fully saturated rings. The molecule has 0 aromatic rings. The molecule has 0 amide bonds. The van der Waals surface area contributed by atoms with Gasteiger partial charge in [-0.3, -0.25) is 4.90 Å². The highest BCUT2D eigenvalue weighted by molar-refractivity contribution is 9.11. The Morgan fingerprint density at radius 1 is 1.64 bits per heavy atom. The predicted molar refractivity (Wildman–Crippen MR) is 65.7 cm³/mol. The summed E-state index contributed by atoms with van der Waals surface area (Å²) in [4.78, 5) is 2.52. The highest BCUT2D eigenvalue weighted by Gasteiger charge is 2.27. The summed E-state index contributed by atoms with van der Waals surface area (Å²) in [5.74, 6) is 0.696. The number of rotatable bonds is 3. The van der Waals surface area contributed by atoms with Gasteiger partial charge in [-0.25, -0.2) is 0 Å². The minimum absolute atomic E-state index is 0.594. The molecule has 82 valence electrons. The SMILES string of the molecule is C=C(Br)CN1CC(C)NCC1C(C)C. The van der Waals surface area contributed by atoms with Crippen molar-refractivity contribution in [2.24, 2.45) is 5.92 Å². The fraction of sp³-hybridized carbons (Fsp3) is 0.818. The van der Waals surface area contributed by atoms with E-state index in [1.165, 1.54) is 0 Å². The van der Waals surface area contributed by atoms with Gasteiger partial charge in [0.2, 0.25) is 0 Å². The molecule has 0 bridgehead atoms. The summed E-state index contributed by atoms with van der Waals surface area (Å²) in [6.07, 6.45) is 0. The normalized spacial score (nSPS) is 29.5. The number of piperazine rings is 1. The Balaban J connectivity index is 2.58. The van der Waals surface area contributed by atoms with Crippen LogP contribution in [0.3, 0.4) is 0 Å². The van der Waals surface area contributed by atoms with Gasteiger partial charge in [-0.2, -0.15) is 0 Å². The third-order valence-corrected chi connectivity index (χ3v) is 3.05. The van der Waals surface area contributed by atoms with Crippen molar-refractivity contribution in [1.29, 1.82) is 0 Å². The van der Waals surface area contributed by atoms with Gasteiger partial charge in [0, 0.05) is 36.2 Å². The molecule has 0 aromatic heterocycles. The first-order valence-corrected chi connectivity index (χ1v) is 6.10. The van der Waals surface area contributed by atoms with E-state index in [1.807, 2.05) is 0 Å². The van der Waals surface area contributed by atoms with Crippen molar-refractivity contribution >= 4 is 15.9 Å². The molecule has 0 radical (unpaired) electrons. The Hall–Kier alpha value is 0.140. The minimum atomic E-state index is 0.594. The fourth-order valence-electron chi connectivity index (χ4n) is 2.06. The van der Waals surface area contributed by atoms with Crippen LogP contribution in [0.15, 0.2) is 11.1 Å². The average molecular weight is 261 g/mol. The van der Waals surface area contributed by atoms with E-state index in [0.29, 0.717) is 18.0 Å². The molecule has 1 rings (SSSR count). The standard InChI is InChI=1S/C11H21BrN2/c1-8(2)11-5-13-10(4)7-14(11)6-9(3)12/h8,10-11,13H,3,5-7H2,1-2,4H3. The third-order valence-electron chi connectivity index (χ3n) is 2.80. The smallest absolute Gasteiger partial charge is 0.0298 e. The average Bonchev–Trinajstić information content (AvgIpc) is 2.01. The van der Waals surface area contributed by atoms with Crippen LogP contribution in [0.4, 0.5) is 0 Å². The highest BCUT2D eigenvalue weighted by atomic mass is 79.9. The van der Waals surface area contributed by atoms with Gasteiger partial charge in [0.1, 0.15) is 0 Å². The summed E-state index contributed by atoms with van der Waals surface area (Å²) in [5, 5.41) is 3.53. The second-order valence-corrected chi connectivity index (χ2v) is 5.69. The number of halogens is 1. The van der Waals surface area contributed by atoms with Gasteiger partial charge in [0.25, 0.3) is 0 Å². The van der Waals surface area contributed by atoms with Crippen molar-refractivity contribution in [2.45, 2.75) is 32.9 Å². The molecule has 1 aliphatic heterocycles. The zero-order chi connectivity index (χ0) is 10.7. The van der Waals surface area contributed by atoms with Crippen molar-refractivity contribution in [3.05, 3.63) is 11.1 Å². The van der Waals surface area contributed by atoms with Crippen LogP contribution >= 0.6 is 15.9 Å². The van der Waals surface area contributed by atoms with E-state index in [1.54, 1.807) is 0 Å². The Labute approximate surface area is 95.9 Å². The molecule has 3 heteroatoms. The summed E-state index contributed by atoms with van der Waals surface area (Å²) in [5.41, 5.74) is 0. The second-order valence-electron chi connectivity index (χ2n) is 4.57. The first-order valence-electron chi connectivity index (χ1n) is 5.31. The van der Waals surface area contributed by atoms with Crippen LogP contribution in [-0.2, 0) is 0 Å². The minimum Gasteiger partial charge on any atom is -0.311 e. The van der Waals surface area contributed by atoms with E-state index >= 15 is 0 Å². The van der Waals surface area contributed by atoms with Crippen LogP contribution < -0.4 is 5.32 Å². The van der Waals surface area contributed by atoms with Gasteiger partial charge in [0.05, 0.1) is 0 Å². The maximum absolute atomic E-state index is 3.92. The van der Waals surface area contributed by atoms with E-state index in [4.69, 9.17) is 0 Å².